The van der Waals surface area contributed by atoms with Crippen LogP contribution in [0.5, 0.6) is 5.75 Å². The first-order valence-corrected chi connectivity index (χ1v) is 4.61. The van der Waals surface area contributed by atoms with Crippen molar-refractivity contribution in [2.45, 2.75) is 27.3 Å². The summed E-state index contributed by atoms with van der Waals surface area (Å²) >= 11 is 0. The van der Waals surface area contributed by atoms with E-state index in [0.29, 0.717) is 6.54 Å². The van der Waals surface area contributed by atoms with Gasteiger partial charge in [-0.25, -0.2) is 0 Å². The number of aromatic nitrogens is 1. The number of aromatic hydroxyl groups is 1. The monoisotopic (exact) mass is 273 g/mol. The van der Waals surface area contributed by atoms with E-state index in [1.54, 1.807) is 29.1 Å². The molecular weight excluding hydrogens is 258 g/mol. The molecule has 0 radical (unpaired) electrons. The molecule has 0 saturated carbocycles. The molecule has 15 heavy (non-hydrogen) atoms. The average Bonchev–Trinajstić information content (AvgIpc) is 2.02. The average molecular weight is 274 g/mol. The van der Waals surface area contributed by atoms with E-state index in [4.69, 9.17) is 0 Å². The van der Waals surface area contributed by atoms with Gasteiger partial charge in [-0.2, -0.15) is 4.57 Å². The third-order valence-corrected chi connectivity index (χ3v) is 2.01. The maximum atomic E-state index is 11.6. The number of halogens is 1. The van der Waals surface area contributed by atoms with Crippen molar-refractivity contribution in [1.29, 1.82) is 0 Å². The topological polar surface area (TPSA) is 41.2 Å². The first-order valence-electron chi connectivity index (χ1n) is 4.61. The molecule has 0 atom stereocenters. The van der Waals surface area contributed by atoms with Crippen LogP contribution in [0, 0.1) is 5.41 Å². The van der Waals surface area contributed by atoms with Gasteiger partial charge in [0.25, 0.3) is 0 Å². The number of pyridine rings is 1. The second-order valence-corrected chi connectivity index (χ2v) is 4.41. The van der Waals surface area contributed by atoms with Gasteiger partial charge in [0.15, 0.2) is 11.9 Å². The van der Waals surface area contributed by atoms with Crippen LogP contribution in [0.4, 0.5) is 0 Å². The highest BCUT2D eigenvalue weighted by Gasteiger charge is 2.24. The minimum absolute atomic E-state index is 0. The zero-order valence-electron chi connectivity index (χ0n) is 9.20. The van der Waals surface area contributed by atoms with Gasteiger partial charge >= 0.3 is 0 Å². The lowest BCUT2D eigenvalue weighted by atomic mass is 9.91. The quantitative estimate of drug-likeness (QED) is 0.653. The molecule has 0 fully saturated rings. The van der Waals surface area contributed by atoms with E-state index in [0.717, 1.165) is 0 Å². The largest absolute Gasteiger partial charge is 1.00 e. The number of hydrogen-bond donors (Lipinski definition) is 1. The standard InChI is InChI=1S/C11H15NO2.BrH/c1-11(2,3)10(14)8-12-6-4-5-9(13)7-12;/h4-7H,8H2,1-3H3;1H. The summed E-state index contributed by atoms with van der Waals surface area (Å²) in [6.07, 6.45) is 3.31. The third-order valence-electron chi connectivity index (χ3n) is 2.01. The molecule has 1 aromatic rings. The summed E-state index contributed by atoms with van der Waals surface area (Å²) in [4.78, 5) is 11.6. The SMILES string of the molecule is CC(C)(C)C(=O)C[n+]1cccc(O)c1.[Br-]. The lowest BCUT2D eigenvalue weighted by molar-refractivity contribution is -0.685. The van der Waals surface area contributed by atoms with Crippen molar-refractivity contribution in [3.8, 4) is 5.75 Å². The van der Waals surface area contributed by atoms with Gasteiger partial charge < -0.3 is 22.1 Å². The lowest BCUT2D eigenvalue weighted by Gasteiger charge is -2.13. The molecule has 1 N–H and O–H groups in total. The van der Waals surface area contributed by atoms with Gasteiger partial charge in [0, 0.05) is 11.5 Å². The summed E-state index contributed by atoms with van der Waals surface area (Å²) in [7, 11) is 0. The molecule has 0 aliphatic heterocycles. The predicted molar refractivity (Wildman–Crippen MR) is 52.8 cm³/mol. The number of Topliss-reactive ketones (excluding diaryl/α,β-unsaturated/α-hetero) is 1. The molecule has 4 heteroatoms. The molecular formula is C11H16BrNO2. The molecule has 0 aliphatic rings. The van der Waals surface area contributed by atoms with E-state index in [1.165, 1.54) is 0 Å². The molecule has 1 aromatic heterocycles. The Balaban J connectivity index is 0.00000196. The fourth-order valence-corrected chi connectivity index (χ4v) is 1.01. The first-order chi connectivity index (χ1) is 6.39. The first kappa shape index (κ1) is 14.1. The summed E-state index contributed by atoms with van der Waals surface area (Å²) < 4.78 is 1.68. The Kier molecular flexibility index (Phi) is 4.94. The van der Waals surface area contributed by atoms with Crippen molar-refractivity contribution in [2.24, 2.45) is 5.41 Å². The molecule has 0 spiro atoms. The second-order valence-electron chi connectivity index (χ2n) is 4.41. The van der Waals surface area contributed by atoms with Gasteiger partial charge in [-0.3, -0.25) is 4.79 Å². The molecule has 84 valence electrons. The lowest BCUT2D eigenvalue weighted by Crippen LogP contribution is -3.00. The van der Waals surface area contributed by atoms with Crippen LogP contribution in [0.25, 0.3) is 0 Å². The minimum Gasteiger partial charge on any atom is -1.00 e. The maximum Gasteiger partial charge on any atom is 0.211 e. The van der Waals surface area contributed by atoms with Gasteiger partial charge in [-0.1, -0.05) is 20.8 Å². The Morgan fingerprint density at radius 2 is 2.07 bits per heavy atom. The highest BCUT2D eigenvalue weighted by atomic mass is 79.9. The molecule has 0 amide bonds. The van der Waals surface area contributed by atoms with Crippen molar-refractivity contribution in [3.63, 3.8) is 0 Å². The van der Waals surface area contributed by atoms with Crippen molar-refractivity contribution in [2.75, 3.05) is 0 Å². The molecule has 1 heterocycles. The van der Waals surface area contributed by atoms with Crippen LogP contribution in [0.3, 0.4) is 0 Å². The smallest absolute Gasteiger partial charge is 0.211 e. The maximum absolute atomic E-state index is 11.6. The Labute approximate surface area is 101 Å². The Morgan fingerprint density at radius 3 is 2.53 bits per heavy atom. The number of carbonyl (C=O) groups is 1. The Morgan fingerprint density at radius 1 is 1.47 bits per heavy atom. The van der Waals surface area contributed by atoms with Gasteiger partial charge in [-0.05, 0) is 6.07 Å². The molecule has 0 aromatic carbocycles. The van der Waals surface area contributed by atoms with Crippen molar-refractivity contribution in [3.05, 3.63) is 24.5 Å². The van der Waals surface area contributed by atoms with E-state index in [-0.39, 0.29) is 33.9 Å². The Hall–Kier alpha value is -0.900. The summed E-state index contributed by atoms with van der Waals surface area (Å²) in [6.45, 7) is 5.97. The second kappa shape index (κ2) is 5.26. The zero-order valence-corrected chi connectivity index (χ0v) is 10.8. The summed E-state index contributed by atoms with van der Waals surface area (Å²) in [5.41, 5.74) is -0.335. The van der Waals surface area contributed by atoms with Crippen LogP contribution < -0.4 is 21.5 Å². The highest BCUT2D eigenvalue weighted by molar-refractivity contribution is 5.82. The predicted octanol–water partition coefficient (Wildman–Crippen LogP) is -1.70. The van der Waals surface area contributed by atoms with Crippen LogP contribution >= 0.6 is 0 Å². The van der Waals surface area contributed by atoms with E-state index in [2.05, 4.69) is 0 Å². The van der Waals surface area contributed by atoms with Gasteiger partial charge in [-0.15, -0.1) is 0 Å². The molecule has 0 saturated heterocycles. The van der Waals surface area contributed by atoms with Crippen LogP contribution in [0.1, 0.15) is 20.8 Å². The van der Waals surface area contributed by atoms with Gasteiger partial charge in [0.05, 0.1) is 0 Å². The number of ketones is 1. The minimum atomic E-state index is -0.335. The highest BCUT2D eigenvalue weighted by Crippen LogP contribution is 2.14. The third kappa shape index (κ3) is 4.42. The molecule has 0 aliphatic carbocycles. The van der Waals surface area contributed by atoms with Gasteiger partial charge in [0.1, 0.15) is 0 Å². The van der Waals surface area contributed by atoms with Crippen LogP contribution in [-0.4, -0.2) is 10.9 Å². The Bertz CT molecular complexity index is 345. The van der Waals surface area contributed by atoms with Crippen molar-refractivity contribution < 1.29 is 31.4 Å². The molecule has 1 rings (SSSR count). The number of carbonyl (C=O) groups excluding carboxylic acids is 1. The van der Waals surface area contributed by atoms with Crippen LogP contribution in [0.2, 0.25) is 0 Å². The molecule has 3 nitrogen and oxygen atoms in total. The van der Waals surface area contributed by atoms with E-state index >= 15 is 0 Å². The fourth-order valence-electron chi connectivity index (χ4n) is 1.01. The van der Waals surface area contributed by atoms with Crippen molar-refractivity contribution >= 4 is 5.78 Å². The number of rotatable bonds is 2. The van der Waals surface area contributed by atoms with Crippen molar-refractivity contribution in [1.82, 2.24) is 0 Å². The van der Waals surface area contributed by atoms with Crippen LogP contribution in [-0.2, 0) is 11.3 Å². The molecule has 0 bridgehead atoms. The number of nitrogens with zero attached hydrogens (tertiary/aromatic N) is 1. The summed E-state index contributed by atoms with van der Waals surface area (Å²) in [5.74, 6) is 0.322. The number of hydrogen-bond acceptors (Lipinski definition) is 2. The summed E-state index contributed by atoms with van der Waals surface area (Å²) in [5, 5.41) is 9.20. The molecule has 0 unspecified atom stereocenters. The van der Waals surface area contributed by atoms with Crippen LogP contribution in [0.15, 0.2) is 24.5 Å². The van der Waals surface area contributed by atoms with E-state index in [9.17, 15) is 9.90 Å². The normalized spacial score (nSPS) is 10.6. The van der Waals surface area contributed by atoms with E-state index < -0.39 is 0 Å². The summed E-state index contributed by atoms with van der Waals surface area (Å²) in [6, 6.07) is 3.29. The van der Waals surface area contributed by atoms with Gasteiger partial charge in [0.2, 0.25) is 18.5 Å². The van der Waals surface area contributed by atoms with E-state index in [1.807, 2.05) is 20.8 Å². The zero-order chi connectivity index (χ0) is 10.8. The fraction of sp³-hybridized carbons (Fsp3) is 0.455.